The van der Waals surface area contributed by atoms with E-state index in [0.29, 0.717) is 17.2 Å². The third-order valence-electron chi connectivity index (χ3n) is 4.09. The summed E-state index contributed by atoms with van der Waals surface area (Å²) < 4.78 is 0. The number of nitrogens with zero attached hydrogens (tertiary/aromatic N) is 4. The van der Waals surface area contributed by atoms with Gasteiger partial charge in [-0.25, -0.2) is 9.97 Å². The van der Waals surface area contributed by atoms with Gasteiger partial charge in [-0.05, 0) is 19.8 Å². The lowest BCUT2D eigenvalue weighted by molar-refractivity contribution is -0.129. The Morgan fingerprint density at radius 3 is 2.96 bits per heavy atom. The van der Waals surface area contributed by atoms with Crippen LogP contribution < -0.4 is 5.32 Å². The second-order valence-corrected chi connectivity index (χ2v) is 6.63. The van der Waals surface area contributed by atoms with Crippen LogP contribution in [0.15, 0.2) is 17.9 Å². The van der Waals surface area contributed by atoms with Gasteiger partial charge in [-0.2, -0.15) is 0 Å². The maximum atomic E-state index is 12.1. The molecule has 1 aliphatic rings. The molecule has 0 aromatic carbocycles. The summed E-state index contributed by atoms with van der Waals surface area (Å²) in [6.07, 6.45) is 5.12. The van der Waals surface area contributed by atoms with Crippen molar-refractivity contribution in [3.8, 4) is 0 Å². The predicted octanol–water partition coefficient (Wildman–Crippen LogP) is 1.85. The number of hydrogen-bond donors (Lipinski definition) is 1. The quantitative estimate of drug-likeness (QED) is 0.914. The van der Waals surface area contributed by atoms with Crippen molar-refractivity contribution in [3.05, 3.63) is 39.9 Å². The number of likely N-dealkylation sites (tertiary alicyclic amines) is 1. The summed E-state index contributed by atoms with van der Waals surface area (Å²) in [5.41, 5.74) is 3.30. The van der Waals surface area contributed by atoms with E-state index in [-0.39, 0.29) is 17.9 Å². The molecule has 126 valence electrons. The van der Waals surface area contributed by atoms with Gasteiger partial charge in [0.25, 0.3) is 5.91 Å². The summed E-state index contributed by atoms with van der Waals surface area (Å²) in [7, 11) is 0. The van der Waals surface area contributed by atoms with Crippen molar-refractivity contribution >= 4 is 23.2 Å². The molecule has 1 aliphatic heterocycles. The van der Waals surface area contributed by atoms with Crippen molar-refractivity contribution in [1.82, 2.24) is 25.2 Å². The zero-order valence-electron chi connectivity index (χ0n) is 13.7. The number of aryl methyl sites for hydroxylation is 1. The highest BCUT2D eigenvalue weighted by molar-refractivity contribution is 7.11. The van der Waals surface area contributed by atoms with Crippen molar-refractivity contribution in [2.45, 2.75) is 39.3 Å². The average molecular weight is 345 g/mol. The Morgan fingerprint density at radius 2 is 2.25 bits per heavy atom. The van der Waals surface area contributed by atoms with Crippen molar-refractivity contribution in [1.29, 1.82) is 0 Å². The lowest BCUT2D eigenvalue weighted by Crippen LogP contribution is -2.30. The monoisotopic (exact) mass is 345 g/mol. The first-order valence-electron chi connectivity index (χ1n) is 7.82. The molecule has 1 fully saturated rings. The van der Waals surface area contributed by atoms with Gasteiger partial charge in [0.15, 0.2) is 0 Å². The minimum Gasteiger partial charge on any atom is -0.347 e. The SMILES string of the molecule is CC(=O)N1CCCC1c1nc(C)ncc1CNC(=O)c1cncs1. The molecule has 8 heteroatoms. The fraction of sp³-hybridized carbons (Fsp3) is 0.438. The lowest BCUT2D eigenvalue weighted by atomic mass is 10.1. The summed E-state index contributed by atoms with van der Waals surface area (Å²) in [4.78, 5) is 39.1. The highest BCUT2D eigenvalue weighted by Crippen LogP contribution is 2.32. The van der Waals surface area contributed by atoms with Gasteiger partial charge in [-0.1, -0.05) is 0 Å². The molecule has 1 N–H and O–H groups in total. The van der Waals surface area contributed by atoms with Gasteiger partial charge in [0.1, 0.15) is 10.7 Å². The molecule has 0 spiro atoms. The molecule has 2 amide bonds. The molecule has 0 radical (unpaired) electrons. The minimum atomic E-state index is -0.168. The minimum absolute atomic E-state index is 0.0421. The number of amides is 2. The average Bonchev–Trinajstić information content (AvgIpc) is 3.24. The molecule has 0 saturated carbocycles. The molecule has 1 atom stereocenters. The van der Waals surface area contributed by atoms with E-state index >= 15 is 0 Å². The molecule has 7 nitrogen and oxygen atoms in total. The van der Waals surface area contributed by atoms with Crippen LogP contribution in [0.25, 0.3) is 0 Å². The molecule has 24 heavy (non-hydrogen) atoms. The van der Waals surface area contributed by atoms with Crippen LogP contribution in [0.4, 0.5) is 0 Å². The molecule has 1 saturated heterocycles. The van der Waals surface area contributed by atoms with E-state index in [1.807, 2.05) is 11.8 Å². The van der Waals surface area contributed by atoms with E-state index < -0.39 is 0 Å². The zero-order valence-corrected chi connectivity index (χ0v) is 14.5. The van der Waals surface area contributed by atoms with Gasteiger partial charge in [0, 0.05) is 31.8 Å². The molecular formula is C16H19N5O2S. The Morgan fingerprint density at radius 1 is 1.42 bits per heavy atom. The molecule has 0 aliphatic carbocycles. The van der Waals surface area contributed by atoms with E-state index in [1.54, 1.807) is 24.8 Å². The Hall–Kier alpha value is -2.35. The topological polar surface area (TPSA) is 88.1 Å². The molecule has 1 unspecified atom stereocenters. The van der Waals surface area contributed by atoms with E-state index in [1.165, 1.54) is 11.3 Å². The molecule has 3 rings (SSSR count). The first-order valence-corrected chi connectivity index (χ1v) is 8.70. The van der Waals surface area contributed by atoms with Crippen LogP contribution in [0.2, 0.25) is 0 Å². The lowest BCUT2D eigenvalue weighted by Gasteiger charge is -2.24. The first kappa shape index (κ1) is 16.5. The predicted molar refractivity (Wildman–Crippen MR) is 89.4 cm³/mol. The molecular weight excluding hydrogens is 326 g/mol. The standard InChI is InChI=1S/C16H19N5O2S/c1-10-18-6-12(7-19-16(23)14-8-17-9-24-14)15(20-10)13-4-3-5-21(13)11(2)22/h6,8-9,13H,3-5,7H2,1-2H3,(H,19,23). The molecule has 2 aromatic heterocycles. The van der Waals surface area contributed by atoms with Crippen LogP contribution in [0.5, 0.6) is 0 Å². The maximum absolute atomic E-state index is 12.1. The van der Waals surface area contributed by atoms with E-state index in [2.05, 4.69) is 20.3 Å². The van der Waals surface area contributed by atoms with Crippen LogP contribution in [0.1, 0.15) is 52.6 Å². The fourth-order valence-corrected chi connectivity index (χ4v) is 3.49. The largest absolute Gasteiger partial charge is 0.347 e. The molecule has 0 bridgehead atoms. The Labute approximate surface area is 144 Å². The number of aromatic nitrogens is 3. The summed E-state index contributed by atoms with van der Waals surface area (Å²) in [6.45, 7) is 4.48. The van der Waals surface area contributed by atoms with Crippen LogP contribution in [0.3, 0.4) is 0 Å². The summed E-state index contributed by atoms with van der Waals surface area (Å²) in [6, 6.07) is -0.0421. The van der Waals surface area contributed by atoms with Gasteiger partial charge >= 0.3 is 0 Å². The normalized spacial score (nSPS) is 17.1. The van der Waals surface area contributed by atoms with Gasteiger partial charge in [-0.3, -0.25) is 14.6 Å². The second-order valence-electron chi connectivity index (χ2n) is 5.75. The Bertz CT molecular complexity index is 747. The summed E-state index contributed by atoms with van der Waals surface area (Å²) in [5, 5.41) is 2.88. The number of nitrogens with one attached hydrogen (secondary N) is 1. The number of thiazole rings is 1. The summed E-state index contributed by atoms with van der Waals surface area (Å²) in [5.74, 6) is 0.546. The van der Waals surface area contributed by atoms with E-state index in [4.69, 9.17) is 0 Å². The Balaban J connectivity index is 1.81. The van der Waals surface area contributed by atoms with E-state index in [9.17, 15) is 9.59 Å². The van der Waals surface area contributed by atoms with Crippen molar-refractivity contribution in [2.75, 3.05) is 6.54 Å². The zero-order chi connectivity index (χ0) is 17.1. The van der Waals surface area contributed by atoms with Crippen molar-refractivity contribution in [3.63, 3.8) is 0 Å². The van der Waals surface area contributed by atoms with Gasteiger partial charge in [-0.15, -0.1) is 11.3 Å². The first-order chi connectivity index (χ1) is 11.6. The number of carbonyl (C=O) groups is 2. The Kier molecular flexibility index (Phi) is 4.84. The molecule has 3 heterocycles. The molecule has 2 aromatic rings. The maximum Gasteiger partial charge on any atom is 0.263 e. The van der Waals surface area contributed by atoms with Gasteiger partial charge < -0.3 is 10.2 Å². The van der Waals surface area contributed by atoms with E-state index in [0.717, 1.165) is 30.6 Å². The number of carbonyl (C=O) groups excluding carboxylic acids is 2. The van der Waals surface area contributed by atoms with Crippen LogP contribution in [0, 0.1) is 6.92 Å². The van der Waals surface area contributed by atoms with Crippen LogP contribution in [-0.4, -0.2) is 38.2 Å². The fourth-order valence-electron chi connectivity index (χ4n) is 2.96. The smallest absolute Gasteiger partial charge is 0.263 e. The highest BCUT2D eigenvalue weighted by Gasteiger charge is 2.31. The third kappa shape index (κ3) is 3.43. The van der Waals surface area contributed by atoms with Crippen LogP contribution >= 0.6 is 11.3 Å². The van der Waals surface area contributed by atoms with Crippen molar-refractivity contribution in [2.24, 2.45) is 0 Å². The van der Waals surface area contributed by atoms with Crippen molar-refractivity contribution < 1.29 is 9.59 Å². The summed E-state index contributed by atoms with van der Waals surface area (Å²) >= 11 is 1.30. The number of hydrogen-bond acceptors (Lipinski definition) is 6. The number of rotatable bonds is 4. The highest BCUT2D eigenvalue weighted by atomic mass is 32.1. The van der Waals surface area contributed by atoms with Crippen LogP contribution in [-0.2, 0) is 11.3 Å². The van der Waals surface area contributed by atoms with Gasteiger partial charge in [0.05, 0.1) is 23.4 Å². The third-order valence-corrected chi connectivity index (χ3v) is 4.86. The second kappa shape index (κ2) is 7.04. The van der Waals surface area contributed by atoms with Gasteiger partial charge in [0.2, 0.25) is 5.91 Å².